The molecule has 0 saturated heterocycles. The smallest absolute Gasteiger partial charge is 0.0931 e. The molecule has 1 unspecified atom stereocenters. The van der Waals surface area contributed by atoms with Gasteiger partial charge in [0.25, 0.3) is 0 Å². The van der Waals surface area contributed by atoms with Crippen LogP contribution in [0.25, 0.3) is 0 Å². The maximum Gasteiger partial charge on any atom is 0.0931 e. The summed E-state index contributed by atoms with van der Waals surface area (Å²) in [6.45, 7) is 4.02. The van der Waals surface area contributed by atoms with E-state index in [0.29, 0.717) is 6.04 Å². The molecule has 2 nitrogen and oxygen atoms in total. The van der Waals surface area contributed by atoms with Crippen LogP contribution in [-0.2, 0) is 13.1 Å². The fraction of sp³-hybridized carbons (Fsp3) is 0.375. The first kappa shape index (κ1) is 15.5. The fourth-order valence-corrected chi connectivity index (χ4v) is 3.24. The largest absolute Gasteiger partial charge is 0.305 e. The first-order valence-corrected chi connectivity index (χ1v) is 7.96. The lowest BCUT2D eigenvalue weighted by Gasteiger charge is -2.17. The summed E-state index contributed by atoms with van der Waals surface area (Å²) in [5.41, 5.74) is 2.73. The van der Waals surface area contributed by atoms with Gasteiger partial charge in [-0.15, -0.1) is 11.3 Å². The predicted molar refractivity (Wildman–Crippen MR) is 88.4 cm³/mol. The molecule has 2 rings (SSSR count). The summed E-state index contributed by atoms with van der Waals surface area (Å²) in [5, 5.41) is 3.58. The maximum atomic E-state index is 5.99. The minimum atomic E-state index is 0.319. The van der Waals surface area contributed by atoms with E-state index in [1.165, 1.54) is 16.0 Å². The molecule has 0 aliphatic rings. The first-order chi connectivity index (χ1) is 9.56. The summed E-state index contributed by atoms with van der Waals surface area (Å²) in [7, 11) is 4.20. The van der Waals surface area contributed by atoms with E-state index in [9.17, 15) is 0 Å². The lowest BCUT2D eigenvalue weighted by molar-refractivity contribution is 0.400. The Morgan fingerprint density at radius 1 is 1.15 bits per heavy atom. The molecule has 2 aromatic rings. The van der Waals surface area contributed by atoms with Crippen LogP contribution in [0.2, 0.25) is 4.34 Å². The highest BCUT2D eigenvalue weighted by Crippen LogP contribution is 2.27. The average molecular weight is 309 g/mol. The highest BCUT2D eigenvalue weighted by Gasteiger charge is 2.09. The third-order valence-corrected chi connectivity index (χ3v) is 4.64. The third kappa shape index (κ3) is 4.32. The van der Waals surface area contributed by atoms with E-state index in [1.807, 2.05) is 6.07 Å². The van der Waals surface area contributed by atoms with E-state index in [1.54, 1.807) is 11.3 Å². The molecule has 0 bridgehead atoms. The van der Waals surface area contributed by atoms with Gasteiger partial charge >= 0.3 is 0 Å². The zero-order valence-electron chi connectivity index (χ0n) is 12.2. The first-order valence-electron chi connectivity index (χ1n) is 6.76. The molecule has 1 aromatic heterocycles. The summed E-state index contributed by atoms with van der Waals surface area (Å²) >= 11 is 7.63. The molecular weight excluding hydrogens is 288 g/mol. The Morgan fingerprint density at radius 3 is 2.45 bits per heavy atom. The van der Waals surface area contributed by atoms with Crippen molar-refractivity contribution < 1.29 is 0 Å². The Balaban J connectivity index is 2.00. The van der Waals surface area contributed by atoms with Crippen molar-refractivity contribution in [2.45, 2.75) is 26.1 Å². The SMILES string of the molecule is CC(NCc1ccccc1CN(C)C)c1ccc(Cl)s1. The summed E-state index contributed by atoms with van der Waals surface area (Å²) in [4.78, 5) is 3.47. The predicted octanol–water partition coefficient (Wildman–Crippen LogP) is 4.31. The molecule has 0 saturated carbocycles. The van der Waals surface area contributed by atoms with Gasteiger partial charge in [0, 0.05) is 24.0 Å². The van der Waals surface area contributed by atoms with Gasteiger partial charge in [0.2, 0.25) is 0 Å². The summed E-state index contributed by atoms with van der Waals surface area (Å²) in [5.74, 6) is 0. The molecule has 20 heavy (non-hydrogen) atoms. The molecule has 0 radical (unpaired) electrons. The van der Waals surface area contributed by atoms with Gasteiger partial charge in [-0.2, -0.15) is 0 Å². The molecule has 1 atom stereocenters. The molecule has 1 heterocycles. The monoisotopic (exact) mass is 308 g/mol. The standard InChI is InChI=1S/C16H21ClN2S/c1-12(15-8-9-16(17)20-15)18-10-13-6-4-5-7-14(13)11-19(2)3/h4-9,12,18H,10-11H2,1-3H3. The van der Waals surface area contributed by atoms with Crippen LogP contribution in [0.4, 0.5) is 0 Å². The second-order valence-corrected chi connectivity index (χ2v) is 7.00. The summed E-state index contributed by atoms with van der Waals surface area (Å²) in [6, 6.07) is 13.0. The van der Waals surface area contributed by atoms with E-state index < -0.39 is 0 Å². The number of rotatable bonds is 6. The van der Waals surface area contributed by atoms with Gasteiger partial charge in [0.1, 0.15) is 0 Å². The van der Waals surface area contributed by atoms with Crippen LogP contribution in [0.1, 0.15) is 29.0 Å². The van der Waals surface area contributed by atoms with Crippen LogP contribution in [-0.4, -0.2) is 19.0 Å². The van der Waals surface area contributed by atoms with Crippen molar-refractivity contribution in [3.05, 3.63) is 56.7 Å². The molecule has 0 aliphatic heterocycles. The van der Waals surface area contributed by atoms with E-state index in [4.69, 9.17) is 11.6 Å². The van der Waals surface area contributed by atoms with Crippen LogP contribution in [0.15, 0.2) is 36.4 Å². The van der Waals surface area contributed by atoms with Crippen molar-refractivity contribution in [2.24, 2.45) is 0 Å². The minimum Gasteiger partial charge on any atom is -0.305 e. The van der Waals surface area contributed by atoms with E-state index >= 15 is 0 Å². The van der Waals surface area contributed by atoms with Crippen LogP contribution in [0.5, 0.6) is 0 Å². The Morgan fingerprint density at radius 2 is 1.85 bits per heavy atom. The number of halogens is 1. The number of benzene rings is 1. The molecule has 4 heteroatoms. The third-order valence-electron chi connectivity index (χ3n) is 3.22. The van der Waals surface area contributed by atoms with Crippen LogP contribution in [0, 0.1) is 0 Å². The topological polar surface area (TPSA) is 15.3 Å². The number of hydrogen-bond acceptors (Lipinski definition) is 3. The van der Waals surface area contributed by atoms with Gasteiger partial charge in [0.05, 0.1) is 4.34 Å². The zero-order chi connectivity index (χ0) is 14.5. The quantitative estimate of drug-likeness (QED) is 0.855. The molecule has 0 amide bonds. The molecule has 1 N–H and O–H groups in total. The number of thiophene rings is 1. The van der Waals surface area contributed by atoms with Gasteiger partial charge in [-0.3, -0.25) is 0 Å². The Bertz CT molecular complexity index is 551. The van der Waals surface area contributed by atoms with E-state index in [0.717, 1.165) is 17.4 Å². The lowest BCUT2D eigenvalue weighted by Crippen LogP contribution is -2.19. The van der Waals surface area contributed by atoms with Gasteiger partial charge in [-0.25, -0.2) is 0 Å². The molecule has 0 fully saturated rings. The van der Waals surface area contributed by atoms with E-state index in [-0.39, 0.29) is 0 Å². The fourth-order valence-electron chi connectivity index (χ4n) is 2.15. The summed E-state index contributed by atoms with van der Waals surface area (Å²) < 4.78 is 0.849. The second kappa shape index (κ2) is 7.23. The van der Waals surface area contributed by atoms with Crippen molar-refractivity contribution in [3.63, 3.8) is 0 Å². The normalized spacial score (nSPS) is 12.8. The van der Waals surface area contributed by atoms with Crippen LogP contribution >= 0.6 is 22.9 Å². The number of hydrogen-bond donors (Lipinski definition) is 1. The zero-order valence-corrected chi connectivity index (χ0v) is 13.8. The minimum absolute atomic E-state index is 0.319. The number of nitrogens with one attached hydrogen (secondary N) is 1. The van der Waals surface area contributed by atoms with Gasteiger partial charge in [-0.1, -0.05) is 35.9 Å². The van der Waals surface area contributed by atoms with Crippen LogP contribution < -0.4 is 5.32 Å². The lowest BCUT2D eigenvalue weighted by atomic mass is 10.1. The van der Waals surface area contributed by atoms with Gasteiger partial charge in [-0.05, 0) is 44.3 Å². The van der Waals surface area contributed by atoms with Crippen molar-refractivity contribution in [2.75, 3.05) is 14.1 Å². The van der Waals surface area contributed by atoms with Gasteiger partial charge in [0.15, 0.2) is 0 Å². The summed E-state index contributed by atoms with van der Waals surface area (Å²) in [6.07, 6.45) is 0. The molecule has 0 spiro atoms. The van der Waals surface area contributed by atoms with Crippen molar-refractivity contribution in [1.29, 1.82) is 0 Å². The number of nitrogens with zero attached hydrogens (tertiary/aromatic N) is 1. The van der Waals surface area contributed by atoms with Gasteiger partial charge < -0.3 is 10.2 Å². The van der Waals surface area contributed by atoms with Crippen molar-refractivity contribution >= 4 is 22.9 Å². The van der Waals surface area contributed by atoms with Crippen molar-refractivity contribution in [3.8, 4) is 0 Å². The Hall–Kier alpha value is -0.870. The highest BCUT2D eigenvalue weighted by atomic mass is 35.5. The van der Waals surface area contributed by atoms with E-state index in [2.05, 4.69) is 61.6 Å². The van der Waals surface area contributed by atoms with Crippen LogP contribution in [0.3, 0.4) is 0 Å². The second-order valence-electron chi connectivity index (χ2n) is 5.25. The average Bonchev–Trinajstić information content (AvgIpc) is 2.83. The van der Waals surface area contributed by atoms with Crippen molar-refractivity contribution in [1.82, 2.24) is 10.2 Å². The molecule has 1 aromatic carbocycles. The Labute approximate surface area is 130 Å². The maximum absolute atomic E-state index is 5.99. The molecular formula is C16H21ClN2S. The molecule has 0 aliphatic carbocycles. The molecule has 108 valence electrons. The Kier molecular flexibility index (Phi) is 5.61. The highest BCUT2D eigenvalue weighted by molar-refractivity contribution is 7.16.